The second kappa shape index (κ2) is 10.6. The predicted molar refractivity (Wildman–Crippen MR) is 108 cm³/mol. The zero-order valence-electron chi connectivity index (χ0n) is 16.5. The van der Waals surface area contributed by atoms with Gasteiger partial charge in [-0.15, -0.1) is 0 Å². The van der Waals surface area contributed by atoms with Gasteiger partial charge in [0.1, 0.15) is 0 Å². The van der Waals surface area contributed by atoms with E-state index in [2.05, 4.69) is 10.5 Å². The van der Waals surface area contributed by atoms with Gasteiger partial charge in [0, 0.05) is 6.07 Å². The number of nitrogens with zero attached hydrogens (tertiary/aromatic N) is 2. The van der Waals surface area contributed by atoms with Gasteiger partial charge in [-0.2, -0.15) is 5.10 Å². The molecule has 0 unspecified atom stereocenters. The Bertz CT molecular complexity index is 898. The molecule has 29 heavy (non-hydrogen) atoms. The molecule has 0 fully saturated rings. The van der Waals surface area contributed by atoms with Crippen molar-refractivity contribution < 1.29 is 23.9 Å². The van der Waals surface area contributed by atoms with Crippen LogP contribution in [0.4, 0.5) is 5.69 Å². The Morgan fingerprint density at radius 1 is 1.07 bits per heavy atom. The number of nitro benzene ring substituents is 1. The van der Waals surface area contributed by atoms with Crippen LogP contribution in [0.25, 0.3) is 0 Å². The van der Waals surface area contributed by atoms with Gasteiger partial charge in [0.05, 0.1) is 24.4 Å². The lowest BCUT2D eigenvalue weighted by molar-refractivity contribution is -0.385. The topological polar surface area (TPSA) is 112 Å². The maximum Gasteiger partial charge on any atom is 0.311 e. The van der Waals surface area contributed by atoms with Crippen LogP contribution in [-0.4, -0.2) is 36.9 Å². The number of rotatable bonds is 10. The van der Waals surface area contributed by atoms with Crippen LogP contribution in [-0.2, 0) is 4.79 Å². The average Bonchev–Trinajstić information content (AvgIpc) is 2.69. The van der Waals surface area contributed by atoms with Crippen LogP contribution in [0.2, 0.25) is 0 Å². The summed E-state index contributed by atoms with van der Waals surface area (Å²) in [6.07, 6.45) is 1.45. The summed E-state index contributed by atoms with van der Waals surface area (Å²) in [5.41, 5.74) is 3.54. The standard InChI is InChI=1S/C20H23N3O6/c1-4-27-18-9-7-15(11-19(18)28-5-2)12-21-22-20(24)13-29-17-8-6-14(3)10-16(17)23(25)26/h6-12H,4-5,13H2,1-3H3,(H,22,24)/b21-12+. The summed E-state index contributed by atoms with van der Waals surface area (Å²) >= 11 is 0. The van der Waals surface area contributed by atoms with Gasteiger partial charge < -0.3 is 14.2 Å². The quantitative estimate of drug-likeness (QED) is 0.372. The van der Waals surface area contributed by atoms with E-state index < -0.39 is 17.4 Å². The number of aryl methyl sites for hydroxylation is 1. The molecule has 9 heteroatoms. The molecule has 1 amide bonds. The highest BCUT2D eigenvalue weighted by molar-refractivity contribution is 5.83. The van der Waals surface area contributed by atoms with Gasteiger partial charge in [0.15, 0.2) is 23.9 Å². The third-order valence-corrected chi connectivity index (χ3v) is 3.64. The zero-order chi connectivity index (χ0) is 21.2. The lowest BCUT2D eigenvalue weighted by Gasteiger charge is -2.11. The van der Waals surface area contributed by atoms with Gasteiger partial charge in [-0.25, -0.2) is 5.43 Å². The molecule has 0 aliphatic carbocycles. The molecule has 9 nitrogen and oxygen atoms in total. The van der Waals surface area contributed by atoms with Crippen molar-refractivity contribution in [2.45, 2.75) is 20.8 Å². The third-order valence-electron chi connectivity index (χ3n) is 3.64. The minimum atomic E-state index is -0.555. The molecule has 2 rings (SSSR count). The summed E-state index contributed by atoms with van der Waals surface area (Å²) in [5.74, 6) is 0.683. The minimum absolute atomic E-state index is 0.0209. The van der Waals surface area contributed by atoms with E-state index in [0.29, 0.717) is 30.3 Å². The highest BCUT2D eigenvalue weighted by Crippen LogP contribution is 2.28. The molecular formula is C20H23N3O6. The zero-order valence-corrected chi connectivity index (χ0v) is 16.5. The third kappa shape index (κ3) is 6.49. The summed E-state index contributed by atoms with van der Waals surface area (Å²) < 4.78 is 16.3. The van der Waals surface area contributed by atoms with E-state index in [1.807, 2.05) is 13.8 Å². The maximum absolute atomic E-state index is 11.9. The number of nitro groups is 1. The van der Waals surface area contributed by atoms with Crippen LogP contribution in [0.5, 0.6) is 17.2 Å². The summed E-state index contributed by atoms with van der Waals surface area (Å²) in [7, 11) is 0. The molecule has 0 spiro atoms. The monoisotopic (exact) mass is 401 g/mol. The lowest BCUT2D eigenvalue weighted by Crippen LogP contribution is -2.24. The second-order valence-corrected chi connectivity index (χ2v) is 5.88. The van der Waals surface area contributed by atoms with Gasteiger partial charge in [-0.05, 0) is 56.2 Å². The number of ether oxygens (including phenoxy) is 3. The van der Waals surface area contributed by atoms with Crippen LogP contribution in [0.3, 0.4) is 0 Å². The Morgan fingerprint density at radius 3 is 2.45 bits per heavy atom. The number of hydrogen-bond donors (Lipinski definition) is 1. The molecule has 1 N–H and O–H groups in total. The molecule has 2 aromatic carbocycles. The van der Waals surface area contributed by atoms with Crippen LogP contribution in [0.1, 0.15) is 25.0 Å². The number of nitrogens with one attached hydrogen (secondary N) is 1. The van der Waals surface area contributed by atoms with Gasteiger partial charge in [0.25, 0.3) is 5.91 Å². The Morgan fingerprint density at radius 2 is 1.76 bits per heavy atom. The van der Waals surface area contributed by atoms with E-state index in [4.69, 9.17) is 14.2 Å². The van der Waals surface area contributed by atoms with Crippen molar-refractivity contribution in [1.82, 2.24) is 5.43 Å². The van der Waals surface area contributed by atoms with Gasteiger partial charge in [-0.3, -0.25) is 14.9 Å². The maximum atomic E-state index is 11.9. The highest BCUT2D eigenvalue weighted by atomic mass is 16.6. The molecule has 0 heterocycles. The summed E-state index contributed by atoms with van der Waals surface area (Å²) in [6, 6.07) is 9.79. The van der Waals surface area contributed by atoms with Gasteiger partial charge >= 0.3 is 5.69 Å². The van der Waals surface area contributed by atoms with Crippen LogP contribution in [0, 0.1) is 17.0 Å². The predicted octanol–water partition coefficient (Wildman–Crippen LogP) is 3.23. The molecule has 0 atom stereocenters. The number of amides is 1. The fraction of sp³-hybridized carbons (Fsp3) is 0.300. The fourth-order valence-electron chi connectivity index (χ4n) is 2.39. The van der Waals surface area contributed by atoms with Crippen LogP contribution in [0.15, 0.2) is 41.5 Å². The van der Waals surface area contributed by atoms with Crippen molar-refractivity contribution >= 4 is 17.8 Å². The van der Waals surface area contributed by atoms with Crippen molar-refractivity contribution in [3.05, 3.63) is 57.6 Å². The molecule has 0 aliphatic heterocycles. The van der Waals surface area contributed by atoms with E-state index in [9.17, 15) is 14.9 Å². The van der Waals surface area contributed by atoms with Crippen molar-refractivity contribution in [1.29, 1.82) is 0 Å². The fourth-order valence-corrected chi connectivity index (χ4v) is 2.39. The average molecular weight is 401 g/mol. The molecule has 0 aromatic heterocycles. The SMILES string of the molecule is CCOc1ccc(/C=N/NC(=O)COc2ccc(C)cc2[N+](=O)[O-])cc1OCC. The molecule has 154 valence electrons. The van der Waals surface area contributed by atoms with Crippen LogP contribution >= 0.6 is 0 Å². The van der Waals surface area contributed by atoms with E-state index in [0.717, 1.165) is 5.56 Å². The lowest BCUT2D eigenvalue weighted by atomic mass is 10.2. The first-order valence-corrected chi connectivity index (χ1v) is 9.04. The Kier molecular flexibility index (Phi) is 7.96. The number of carbonyl (C=O) groups is 1. The number of carbonyl (C=O) groups excluding carboxylic acids is 1. The van der Waals surface area contributed by atoms with Gasteiger partial charge in [0.2, 0.25) is 0 Å². The van der Waals surface area contributed by atoms with E-state index in [1.165, 1.54) is 18.3 Å². The number of hydrogen-bond acceptors (Lipinski definition) is 7. The normalized spacial score (nSPS) is 10.6. The first-order valence-electron chi connectivity index (χ1n) is 9.04. The first kappa shape index (κ1) is 21.7. The van der Waals surface area contributed by atoms with Crippen molar-refractivity contribution in [3.8, 4) is 17.2 Å². The molecule has 0 radical (unpaired) electrons. The molecule has 0 saturated carbocycles. The van der Waals surface area contributed by atoms with Gasteiger partial charge in [-0.1, -0.05) is 6.07 Å². The first-order chi connectivity index (χ1) is 13.9. The molecule has 0 bridgehead atoms. The number of hydrazone groups is 1. The van der Waals surface area contributed by atoms with E-state index >= 15 is 0 Å². The smallest absolute Gasteiger partial charge is 0.311 e. The minimum Gasteiger partial charge on any atom is -0.490 e. The van der Waals surface area contributed by atoms with E-state index in [-0.39, 0.29) is 11.4 Å². The van der Waals surface area contributed by atoms with Crippen molar-refractivity contribution in [2.75, 3.05) is 19.8 Å². The number of benzene rings is 2. The Hall–Kier alpha value is -3.62. The highest BCUT2D eigenvalue weighted by Gasteiger charge is 2.16. The van der Waals surface area contributed by atoms with Crippen LogP contribution < -0.4 is 19.6 Å². The van der Waals surface area contributed by atoms with Crippen molar-refractivity contribution in [2.24, 2.45) is 5.10 Å². The molecular weight excluding hydrogens is 378 g/mol. The largest absolute Gasteiger partial charge is 0.490 e. The second-order valence-electron chi connectivity index (χ2n) is 5.88. The summed E-state index contributed by atoms with van der Waals surface area (Å²) in [4.78, 5) is 22.4. The molecule has 0 saturated heterocycles. The van der Waals surface area contributed by atoms with Crippen molar-refractivity contribution in [3.63, 3.8) is 0 Å². The summed E-state index contributed by atoms with van der Waals surface area (Å²) in [6.45, 7) is 6.08. The molecule has 0 aliphatic rings. The van der Waals surface area contributed by atoms with E-state index in [1.54, 1.807) is 31.2 Å². The Labute approximate surface area is 168 Å². The summed E-state index contributed by atoms with van der Waals surface area (Å²) in [5, 5.41) is 14.9. The Balaban J connectivity index is 1.95. The molecule has 2 aromatic rings.